The van der Waals surface area contributed by atoms with Gasteiger partial charge in [-0.25, -0.2) is 0 Å². The predicted octanol–water partition coefficient (Wildman–Crippen LogP) is 2.15. The highest BCUT2D eigenvalue weighted by Crippen LogP contribution is 2.29. The average Bonchev–Trinajstić information content (AvgIpc) is 3.10. The Kier molecular flexibility index (Phi) is 6.06. The number of benzene rings is 1. The Balaban J connectivity index is 1.68. The highest BCUT2D eigenvalue weighted by Gasteiger charge is 2.36. The third kappa shape index (κ3) is 4.84. The molecule has 1 aliphatic heterocycles. The lowest BCUT2D eigenvalue weighted by Crippen LogP contribution is -2.39. The molecule has 1 saturated heterocycles. The second-order valence-corrected chi connectivity index (χ2v) is 6.85. The lowest BCUT2D eigenvalue weighted by Gasteiger charge is -2.19. The van der Waals surface area contributed by atoms with Crippen LogP contribution in [0, 0.1) is 0 Å². The molecule has 0 aliphatic carbocycles. The third-order valence-electron chi connectivity index (χ3n) is 4.96. The molecule has 2 amide bonds. The van der Waals surface area contributed by atoms with E-state index in [1.54, 1.807) is 19.5 Å². The highest BCUT2D eigenvalue weighted by atomic mass is 16.5. The Morgan fingerprint density at radius 2 is 2.00 bits per heavy atom. The van der Waals surface area contributed by atoms with Crippen molar-refractivity contribution in [2.75, 3.05) is 20.2 Å². The van der Waals surface area contributed by atoms with Crippen LogP contribution >= 0.6 is 0 Å². The number of aromatic nitrogens is 1. The zero-order chi connectivity index (χ0) is 19.2. The number of rotatable bonds is 6. The number of nitrogens with one attached hydrogen (secondary N) is 1. The molecule has 142 valence electrons. The van der Waals surface area contributed by atoms with Crippen LogP contribution in [-0.4, -0.2) is 47.9 Å². The normalized spacial score (nSPS) is 19.0. The van der Waals surface area contributed by atoms with E-state index in [9.17, 15) is 9.59 Å². The summed E-state index contributed by atoms with van der Waals surface area (Å²) < 4.78 is 5.22. The summed E-state index contributed by atoms with van der Waals surface area (Å²) in [5.74, 6) is 0.882. The van der Waals surface area contributed by atoms with Crippen molar-refractivity contribution in [1.82, 2.24) is 15.2 Å². The van der Waals surface area contributed by atoms with Crippen LogP contribution in [0.3, 0.4) is 0 Å². The van der Waals surface area contributed by atoms with Crippen molar-refractivity contribution in [3.63, 3.8) is 0 Å². The fraction of sp³-hybridized carbons (Fsp3) is 0.381. The molecule has 0 spiro atoms. The number of carbonyl (C=O) groups is 2. The molecule has 0 saturated carbocycles. The summed E-state index contributed by atoms with van der Waals surface area (Å²) in [6.07, 6.45) is 4.62. The van der Waals surface area contributed by atoms with Gasteiger partial charge in [0.2, 0.25) is 11.8 Å². The Morgan fingerprint density at radius 1 is 1.22 bits per heavy atom. The number of nitrogens with zero attached hydrogens (tertiary/aromatic N) is 2. The number of carbonyl (C=O) groups excluding carboxylic acids is 2. The SMILES string of the molecule is COc1ccc([C@@H]2CN(C(=O)CCc3cccnc3)C[C@H]2NC(C)=O)cc1. The van der Waals surface area contributed by atoms with E-state index in [-0.39, 0.29) is 23.8 Å². The first kappa shape index (κ1) is 18.9. The van der Waals surface area contributed by atoms with Gasteiger partial charge in [0.1, 0.15) is 5.75 Å². The van der Waals surface area contributed by atoms with Crippen LogP contribution in [0.2, 0.25) is 0 Å². The highest BCUT2D eigenvalue weighted by molar-refractivity contribution is 5.78. The van der Waals surface area contributed by atoms with Gasteiger partial charge in [-0.1, -0.05) is 18.2 Å². The lowest BCUT2D eigenvalue weighted by molar-refractivity contribution is -0.130. The first-order valence-corrected chi connectivity index (χ1v) is 9.14. The summed E-state index contributed by atoms with van der Waals surface area (Å²) in [4.78, 5) is 30.3. The summed E-state index contributed by atoms with van der Waals surface area (Å²) in [5, 5.41) is 3.00. The first-order valence-electron chi connectivity index (χ1n) is 9.14. The van der Waals surface area contributed by atoms with Gasteiger partial charge in [-0.3, -0.25) is 14.6 Å². The maximum absolute atomic E-state index is 12.7. The van der Waals surface area contributed by atoms with Gasteiger partial charge in [0.05, 0.1) is 13.2 Å². The molecule has 2 aromatic rings. The zero-order valence-corrected chi connectivity index (χ0v) is 15.7. The van der Waals surface area contributed by atoms with E-state index in [0.29, 0.717) is 25.9 Å². The molecule has 1 aromatic heterocycles. The zero-order valence-electron chi connectivity index (χ0n) is 15.7. The fourth-order valence-corrected chi connectivity index (χ4v) is 3.56. The Labute approximate surface area is 159 Å². The molecular weight excluding hydrogens is 342 g/mol. The summed E-state index contributed by atoms with van der Waals surface area (Å²) in [5.41, 5.74) is 2.15. The van der Waals surface area contributed by atoms with Crippen LogP contribution in [0.4, 0.5) is 0 Å². The molecule has 2 atom stereocenters. The van der Waals surface area contributed by atoms with E-state index in [4.69, 9.17) is 4.74 Å². The number of ether oxygens (including phenoxy) is 1. The Hall–Kier alpha value is -2.89. The van der Waals surface area contributed by atoms with E-state index in [2.05, 4.69) is 10.3 Å². The number of amides is 2. The van der Waals surface area contributed by atoms with Crippen molar-refractivity contribution in [2.45, 2.75) is 31.7 Å². The molecule has 1 aliphatic rings. The first-order chi connectivity index (χ1) is 13.1. The number of methoxy groups -OCH3 is 1. The number of hydrogen-bond acceptors (Lipinski definition) is 4. The van der Waals surface area contributed by atoms with Gasteiger partial charge in [0.25, 0.3) is 0 Å². The summed E-state index contributed by atoms with van der Waals surface area (Å²) >= 11 is 0. The quantitative estimate of drug-likeness (QED) is 0.849. The maximum atomic E-state index is 12.7. The van der Waals surface area contributed by atoms with Crippen LogP contribution in [-0.2, 0) is 16.0 Å². The smallest absolute Gasteiger partial charge is 0.222 e. The molecule has 6 heteroatoms. The minimum atomic E-state index is -0.0850. The topological polar surface area (TPSA) is 71.5 Å². The van der Waals surface area contributed by atoms with Gasteiger partial charge in [-0.05, 0) is 35.7 Å². The van der Waals surface area contributed by atoms with E-state index < -0.39 is 0 Å². The number of aryl methyl sites for hydroxylation is 1. The molecule has 2 heterocycles. The molecule has 6 nitrogen and oxygen atoms in total. The molecule has 0 unspecified atom stereocenters. The average molecular weight is 367 g/mol. The Morgan fingerprint density at radius 3 is 2.63 bits per heavy atom. The molecule has 27 heavy (non-hydrogen) atoms. The second kappa shape index (κ2) is 8.66. The van der Waals surface area contributed by atoms with Gasteiger partial charge < -0.3 is 15.0 Å². The van der Waals surface area contributed by atoms with Crippen LogP contribution in [0.15, 0.2) is 48.8 Å². The van der Waals surface area contributed by atoms with E-state index >= 15 is 0 Å². The lowest BCUT2D eigenvalue weighted by atomic mass is 9.94. The van der Waals surface area contributed by atoms with Crippen molar-refractivity contribution >= 4 is 11.8 Å². The van der Waals surface area contributed by atoms with Crippen molar-refractivity contribution in [3.05, 3.63) is 59.9 Å². The van der Waals surface area contributed by atoms with Gasteiger partial charge >= 0.3 is 0 Å². The standard InChI is InChI=1S/C21H25N3O3/c1-15(25)23-20-14-24(21(26)10-5-16-4-3-11-22-12-16)13-19(20)17-6-8-18(27-2)9-7-17/h3-4,6-9,11-12,19-20H,5,10,13-14H2,1-2H3,(H,23,25)/t19-,20+/m0/s1. The molecule has 1 N–H and O–H groups in total. The fourth-order valence-electron chi connectivity index (χ4n) is 3.56. The molecule has 0 radical (unpaired) electrons. The second-order valence-electron chi connectivity index (χ2n) is 6.85. The van der Waals surface area contributed by atoms with Gasteiger partial charge in [-0.2, -0.15) is 0 Å². The van der Waals surface area contributed by atoms with Crippen LogP contribution in [0.1, 0.15) is 30.4 Å². The van der Waals surface area contributed by atoms with E-state index in [1.165, 1.54) is 6.92 Å². The Bertz CT molecular complexity index is 777. The molecule has 3 rings (SSSR count). The molecule has 1 fully saturated rings. The predicted molar refractivity (Wildman–Crippen MR) is 102 cm³/mol. The van der Waals surface area contributed by atoms with Crippen LogP contribution in [0.25, 0.3) is 0 Å². The number of hydrogen-bond donors (Lipinski definition) is 1. The van der Waals surface area contributed by atoms with Gasteiger partial charge in [0.15, 0.2) is 0 Å². The number of pyridine rings is 1. The minimum Gasteiger partial charge on any atom is -0.497 e. The largest absolute Gasteiger partial charge is 0.497 e. The van der Waals surface area contributed by atoms with Crippen molar-refractivity contribution < 1.29 is 14.3 Å². The van der Waals surface area contributed by atoms with E-state index in [0.717, 1.165) is 16.9 Å². The minimum absolute atomic E-state index is 0.0714. The summed E-state index contributed by atoms with van der Waals surface area (Å²) in [7, 11) is 1.63. The summed E-state index contributed by atoms with van der Waals surface area (Å²) in [6, 6.07) is 11.6. The van der Waals surface area contributed by atoms with Crippen LogP contribution in [0.5, 0.6) is 5.75 Å². The van der Waals surface area contributed by atoms with Crippen LogP contribution < -0.4 is 10.1 Å². The molecule has 1 aromatic carbocycles. The maximum Gasteiger partial charge on any atom is 0.222 e. The monoisotopic (exact) mass is 367 g/mol. The van der Waals surface area contributed by atoms with Crippen molar-refractivity contribution in [1.29, 1.82) is 0 Å². The molecular formula is C21H25N3O3. The van der Waals surface area contributed by atoms with Gasteiger partial charge in [0, 0.05) is 44.7 Å². The summed E-state index contributed by atoms with van der Waals surface area (Å²) in [6.45, 7) is 2.64. The van der Waals surface area contributed by atoms with E-state index in [1.807, 2.05) is 41.3 Å². The third-order valence-corrected chi connectivity index (χ3v) is 4.96. The number of likely N-dealkylation sites (tertiary alicyclic amines) is 1. The van der Waals surface area contributed by atoms with Gasteiger partial charge in [-0.15, -0.1) is 0 Å². The molecule has 0 bridgehead atoms. The van der Waals surface area contributed by atoms with Crippen molar-refractivity contribution in [3.8, 4) is 5.75 Å². The van der Waals surface area contributed by atoms with Crippen molar-refractivity contribution in [2.24, 2.45) is 0 Å².